The van der Waals surface area contributed by atoms with Crippen molar-refractivity contribution in [3.8, 4) is 17.3 Å². The molecule has 0 saturated carbocycles. The maximum atomic E-state index is 10.8. The largest absolute Gasteiger partial charge is 0.270 e. The minimum Gasteiger partial charge on any atom is -0.258 e. The molecule has 0 unspecified atom stereocenters. The van der Waals surface area contributed by atoms with Crippen molar-refractivity contribution in [1.29, 1.82) is 5.26 Å². The zero-order valence-corrected chi connectivity index (χ0v) is 13.3. The fourth-order valence-corrected chi connectivity index (χ4v) is 3.79. The van der Waals surface area contributed by atoms with Gasteiger partial charge in [0.1, 0.15) is 6.07 Å². The Morgan fingerprint density at radius 3 is 2.70 bits per heavy atom. The first kappa shape index (κ1) is 15.2. The van der Waals surface area contributed by atoms with Gasteiger partial charge in [-0.1, -0.05) is 42.1 Å². The van der Waals surface area contributed by atoms with E-state index in [1.54, 1.807) is 6.07 Å². The molecule has 0 amide bonds. The van der Waals surface area contributed by atoms with Crippen LogP contribution in [0.15, 0.2) is 63.1 Å². The van der Waals surface area contributed by atoms with Gasteiger partial charge in [-0.3, -0.25) is 10.1 Å². The highest BCUT2D eigenvalue weighted by Gasteiger charge is 2.13. The van der Waals surface area contributed by atoms with Gasteiger partial charge in [-0.25, -0.2) is 4.98 Å². The van der Waals surface area contributed by atoms with Crippen LogP contribution in [0.5, 0.6) is 0 Å². The Kier molecular flexibility index (Phi) is 4.37. The average molecular weight is 339 g/mol. The first-order valence-electron chi connectivity index (χ1n) is 6.55. The summed E-state index contributed by atoms with van der Waals surface area (Å²) >= 11 is 2.81. The molecule has 112 valence electrons. The van der Waals surface area contributed by atoms with Crippen molar-refractivity contribution >= 4 is 28.8 Å². The molecule has 0 N–H and O–H groups in total. The van der Waals surface area contributed by atoms with E-state index in [1.807, 2.05) is 41.8 Å². The molecular weight excluding hydrogens is 330 g/mol. The van der Waals surface area contributed by atoms with E-state index >= 15 is 0 Å². The zero-order valence-electron chi connectivity index (χ0n) is 11.7. The highest BCUT2D eigenvalue weighted by atomic mass is 32.2. The van der Waals surface area contributed by atoms with Crippen LogP contribution >= 0.6 is 23.1 Å². The van der Waals surface area contributed by atoms with Crippen molar-refractivity contribution in [3.05, 3.63) is 69.6 Å². The predicted molar refractivity (Wildman–Crippen MR) is 89.5 cm³/mol. The minimum atomic E-state index is -0.508. The summed E-state index contributed by atoms with van der Waals surface area (Å²) in [5, 5.41) is 21.9. The SMILES string of the molecule is N#Cc1cc([N+](=O)[O-])ccc1Sc1nc(-c2ccccc2)cs1. The average Bonchev–Trinajstić information content (AvgIpc) is 3.04. The first-order chi connectivity index (χ1) is 11.2. The molecule has 7 heteroatoms. The second-order valence-corrected chi connectivity index (χ2v) is 6.66. The molecule has 0 saturated heterocycles. The zero-order chi connectivity index (χ0) is 16.2. The van der Waals surface area contributed by atoms with Crippen LogP contribution in [-0.4, -0.2) is 9.91 Å². The first-order valence-corrected chi connectivity index (χ1v) is 8.24. The molecule has 3 aromatic rings. The van der Waals surface area contributed by atoms with E-state index in [2.05, 4.69) is 4.98 Å². The van der Waals surface area contributed by atoms with Crippen molar-refractivity contribution in [2.45, 2.75) is 9.24 Å². The molecule has 0 aliphatic carbocycles. The lowest BCUT2D eigenvalue weighted by Gasteiger charge is -2.01. The number of aromatic nitrogens is 1. The van der Waals surface area contributed by atoms with Crippen molar-refractivity contribution < 1.29 is 4.92 Å². The van der Waals surface area contributed by atoms with Gasteiger partial charge in [0.25, 0.3) is 5.69 Å². The highest BCUT2D eigenvalue weighted by molar-refractivity contribution is 8.01. The van der Waals surface area contributed by atoms with Crippen molar-refractivity contribution in [1.82, 2.24) is 4.98 Å². The lowest BCUT2D eigenvalue weighted by Crippen LogP contribution is -1.90. The standard InChI is InChI=1S/C16H9N3O2S2/c17-9-12-8-13(19(20)21)6-7-15(12)23-16-18-14(10-22-16)11-4-2-1-3-5-11/h1-8,10H. The van der Waals surface area contributed by atoms with Crippen LogP contribution in [0.2, 0.25) is 0 Å². The van der Waals surface area contributed by atoms with E-state index in [9.17, 15) is 15.4 Å². The number of non-ortho nitro benzene ring substituents is 1. The molecule has 3 rings (SSSR count). The summed E-state index contributed by atoms with van der Waals surface area (Å²) < 4.78 is 0.786. The third-order valence-electron chi connectivity index (χ3n) is 3.04. The van der Waals surface area contributed by atoms with Crippen LogP contribution in [0.25, 0.3) is 11.3 Å². The summed E-state index contributed by atoms with van der Waals surface area (Å²) in [6.45, 7) is 0. The van der Waals surface area contributed by atoms with Gasteiger partial charge >= 0.3 is 0 Å². The monoisotopic (exact) mass is 339 g/mol. The molecule has 5 nitrogen and oxygen atoms in total. The van der Waals surface area contributed by atoms with Crippen molar-refractivity contribution in [2.75, 3.05) is 0 Å². The Hall–Kier alpha value is -2.69. The fraction of sp³-hybridized carbons (Fsp3) is 0. The number of rotatable bonds is 4. The molecule has 0 atom stereocenters. The second kappa shape index (κ2) is 6.60. The number of benzene rings is 2. The molecule has 0 spiro atoms. The fourth-order valence-electron chi connectivity index (χ4n) is 1.95. The Morgan fingerprint density at radius 2 is 2.00 bits per heavy atom. The maximum absolute atomic E-state index is 10.8. The molecule has 1 heterocycles. The number of hydrogen-bond donors (Lipinski definition) is 0. The Balaban J connectivity index is 1.87. The van der Waals surface area contributed by atoms with Gasteiger partial charge in [0.2, 0.25) is 0 Å². The Bertz CT molecular complexity index is 901. The molecule has 1 aromatic heterocycles. The van der Waals surface area contributed by atoms with Crippen LogP contribution in [-0.2, 0) is 0 Å². The number of thiazole rings is 1. The third-order valence-corrected chi connectivity index (χ3v) is 5.06. The summed E-state index contributed by atoms with van der Waals surface area (Å²) in [6.07, 6.45) is 0. The molecular formula is C16H9N3O2S2. The van der Waals surface area contributed by atoms with E-state index in [0.717, 1.165) is 15.6 Å². The van der Waals surface area contributed by atoms with E-state index in [1.165, 1.54) is 35.2 Å². The number of nitriles is 1. The highest BCUT2D eigenvalue weighted by Crippen LogP contribution is 2.35. The van der Waals surface area contributed by atoms with Gasteiger partial charge in [0.15, 0.2) is 4.34 Å². The molecule has 0 aliphatic rings. The van der Waals surface area contributed by atoms with Crippen LogP contribution in [0, 0.1) is 21.4 Å². The molecule has 0 bridgehead atoms. The topological polar surface area (TPSA) is 79.8 Å². The van der Waals surface area contributed by atoms with Crippen LogP contribution in [0.1, 0.15) is 5.56 Å². The third kappa shape index (κ3) is 3.39. The van der Waals surface area contributed by atoms with Gasteiger partial charge < -0.3 is 0 Å². The van der Waals surface area contributed by atoms with Crippen LogP contribution < -0.4 is 0 Å². The lowest BCUT2D eigenvalue weighted by atomic mass is 10.2. The second-order valence-electron chi connectivity index (χ2n) is 4.52. The molecule has 0 fully saturated rings. The molecule has 23 heavy (non-hydrogen) atoms. The van der Waals surface area contributed by atoms with E-state index in [-0.39, 0.29) is 11.3 Å². The van der Waals surface area contributed by atoms with E-state index < -0.39 is 4.92 Å². The summed E-state index contributed by atoms with van der Waals surface area (Å²) in [7, 11) is 0. The lowest BCUT2D eigenvalue weighted by molar-refractivity contribution is -0.384. The van der Waals surface area contributed by atoms with Crippen LogP contribution in [0.4, 0.5) is 5.69 Å². The van der Waals surface area contributed by atoms with Gasteiger partial charge in [0.05, 0.1) is 16.2 Å². The van der Waals surface area contributed by atoms with Gasteiger partial charge in [-0.15, -0.1) is 11.3 Å². The van der Waals surface area contributed by atoms with E-state index in [0.29, 0.717) is 4.90 Å². The summed E-state index contributed by atoms with van der Waals surface area (Å²) in [4.78, 5) is 15.5. The Morgan fingerprint density at radius 1 is 1.22 bits per heavy atom. The number of nitrogens with zero attached hydrogens (tertiary/aromatic N) is 3. The smallest absolute Gasteiger partial charge is 0.258 e. The molecule has 0 aliphatic heterocycles. The van der Waals surface area contributed by atoms with E-state index in [4.69, 9.17) is 0 Å². The van der Waals surface area contributed by atoms with Gasteiger partial charge in [-0.05, 0) is 6.07 Å². The maximum Gasteiger partial charge on any atom is 0.270 e. The quantitative estimate of drug-likeness (QED) is 0.506. The van der Waals surface area contributed by atoms with Gasteiger partial charge in [-0.2, -0.15) is 5.26 Å². The summed E-state index contributed by atoms with van der Waals surface area (Å²) in [6, 6.07) is 16.1. The minimum absolute atomic E-state index is 0.0880. The summed E-state index contributed by atoms with van der Waals surface area (Å²) in [5.74, 6) is 0. The van der Waals surface area contributed by atoms with Gasteiger partial charge in [0, 0.05) is 28.0 Å². The van der Waals surface area contributed by atoms with Crippen molar-refractivity contribution in [2.24, 2.45) is 0 Å². The number of hydrogen-bond acceptors (Lipinski definition) is 6. The normalized spacial score (nSPS) is 10.2. The predicted octanol–water partition coefficient (Wildman–Crippen LogP) is 4.74. The Labute approximate surface area is 140 Å². The number of nitro groups is 1. The summed E-state index contributed by atoms with van der Waals surface area (Å²) in [5.41, 5.74) is 2.09. The molecule has 2 aromatic carbocycles. The van der Waals surface area contributed by atoms with Crippen LogP contribution in [0.3, 0.4) is 0 Å². The number of nitro benzene ring substituents is 1. The van der Waals surface area contributed by atoms with Crippen molar-refractivity contribution in [3.63, 3.8) is 0 Å². The molecule has 0 radical (unpaired) electrons.